The van der Waals surface area contributed by atoms with Gasteiger partial charge in [-0.2, -0.15) is 0 Å². The van der Waals surface area contributed by atoms with Gasteiger partial charge in [-0.25, -0.2) is 8.42 Å². The van der Waals surface area contributed by atoms with Crippen LogP contribution in [0.4, 0.5) is 0 Å². The maximum Gasteiger partial charge on any atom is 0.305 e. The van der Waals surface area contributed by atoms with Gasteiger partial charge in [-0.15, -0.1) is 0 Å². The maximum absolute atomic E-state index is 13.0. The standard InChI is InChI=1S/C24H36N6O8S/c1-14(2)20(24(35)30-8-10-39(36,37)11-9-30)29-23(34)18(12-19(31)32)28-22(33)15(3)27-13-38-17-6-4-16(5-7-17)21(25)26/h4-7,14-15,18,20,27H,8-13H2,1-3H3,(H3,25,26)(H,28,33)(H,29,34)(H,31,32)/t15?,18-,20?/m0/s1. The summed E-state index contributed by atoms with van der Waals surface area (Å²) >= 11 is 0. The molecular weight excluding hydrogens is 532 g/mol. The number of carboxylic acid groups (broad SMARTS) is 1. The second-order valence-corrected chi connectivity index (χ2v) is 11.8. The number of hydrogen-bond acceptors (Lipinski definition) is 9. The molecule has 0 spiro atoms. The van der Waals surface area contributed by atoms with Crippen molar-refractivity contribution in [1.29, 1.82) is 5.41 Å². The van der Waals surface area contributed by atoms with E-state index >= 15 is 0 Å². The van der Waals surface area contributed by atoms with Gasteiger partial charge in [-0.1, -0.05) is 13.8 Å². The Kier molecular flexibility index (Phi) is 11.2. The molecule has 2 rings (SSSR count). The van der Waals surface area contributed by atoms with Crippen LogP contribution >= 0.6 is 0 Å². The molecule has 1 heterocycles. The van der Waals surface area contributed by atoms with Gasteiger partial charge < -0.3 is 31.1 Å². The van der Waals surface area contributed by atoms with E-state index in [-0.39, 0.29) is 43.1 Å². The van der Waals surface area contributed by atoms with Gasteiger partial charge in [0.05, 0.1) is 24.0 Å². The number of carboxylic acids is 1. The van der Waals surface area contributed by atoms with Crippen molar-refractivity contribution in [3.63, 3.8) is 0 Å². The number of carbonyl (C=O) groups is 4. The number of ether oxygens (including phenoxy) is 1. The predicted molar refractivity (Wildman–Crippen MR) is 142 cm³/mol. The smallest absolute Gasteiger partial charge is 0.305 e. The van der Waals surface area contributed by atoms with Crippen LogP contribution < -0.4 is 26.4 Å². The van der Waals surface area contributed by atoms with Crippen LogP contribution in [-0.4, -0.2) is 97.4 Å². The van der Waals surface area contributed by atoms with Crippen LogP contribution in [0.15, 0.2) is 24.3 Å². The molecule has 7 N–H and O–H groups in total. The Balaban J connectivity index is 1.97. The second kappa shape index (κ2) is 13.9. The summed E-state index contributed by atoms with van der Waals surface area (Å²) in [4.78, 5) is 51.5. The van der Waals surface area contributed by atoms with Gasteiger partial charge in [0, 0.05) is 18.7 Å². The quantitative estimate of drug-likeness (QED) is 0.0932. The molecule has 1 aliphatic rings. The number of sulfone groups is 1. The fourth-order valence-corrected chi connectivity index (χ4v) is 4.85. The van der Waals surface area contributed by atoms with E-state index in [4.69, 9.17) is 15.9 Å². The van der Waals surface area contributed by atoms with Crippen molar-refractivity contribution < 1.29 is 37.4 Å². The largest absolute Gasteiger partial charge is 0.481 e. The normalized spacial score (nSPS) is 17.0. The molecular formula is C24H36N6O8S. The molecule has 1 fully saturated rings. The Hall–Kier alpha value is -3.72. The predicted octanol–water partition coefficient (Wildman–Crippen LogP) is -1.36. The lowest BCUT2D eigenvalue weighted by Crippen LogP contribution is -2.59. The summed E-state index contributed by atoms with van der Waals surface area (Å²) in [6.07, 6.45) is -0.718. The van der Waals surface area contributed by atoms with Gasteiger partial charge in [0.1, 0.15) is 30.4 Å². The van der Waals surface area contributed by atoms with Crippen molar-refractivity contribution in [2.45, 2.75) is 45.3 Å². The molecule has 0 saturated carbocycles. The first-order valence-electron chi connectivity index (χ1n) is 12.3. The fraction of sp³-hybridized carbons (Fsp3) is 0.542. The zero-order valence-corrected chi connectivity index (χ0v) is 22.9. The molecule has 0 aliphatic carbocycles. The molecule has 0 aromatic heterocycles. The van der Waals surface area contributed by atoms with Crippen molar-refractivity contribution in [2.75, 3.05) is 31.3 Å². The number of carbonyl (C=O) groups excluding carboxylic acids is 3. The number of amides is 3. The van der Waals surface area contributed by atoms with Crippen LogP contribution in [-0.2, 0) is 29.0 Å². The highest BCUT2D eigenvalue weighted by molar-refractivity contribution is 7.91. The summed E-state index contributed by atoms with van der Waals surface area (Å²) in [5.41, 5.74) is 5.93. The van der Waals surface area contributed by atoms with Crippen molar-refractivity contribution in [1.82, 2.24) is 20.9 Å². The molecule has 0 bridgehead atoms. The number of rotatable bonds is 13. The van der Waals surface area contributed by atoms with Crippen molar-refractivity contribution in [3.8, 4) is 5.75 Å². The van der Waals surface area contributed by atoms with Crippen molar-refractivity contribution >= 4 is 39.4 Å². The van der Waals surface area contributed by atoms with Gasteiger partial charge in [0.15, 0.2) is 9.84 Å². The number of nitrogens with one attached hydrogen (secondary N) is 4. The average molecular weight is 569 g/mol. The third kappa shape index (κ3) is 9.83. The Morgan fingerprint density at radius 3 is 2.15 bits per heavy atom. The van der Waals surface area contributed by atoms with Gasteiger partial charge >= 0.3 is 5.97 Å². The van der Waals surface area contributed by atoms with E-state index in [1.807, 2.05) is 0 Å². The number of benzene rings is 1. The number of nitrogen functional groups attached to an aromatic ring is 1. The molecule has 3 atom stereocenters. The summed E-state index contributed by atoms with van der Waals surface area (Å²) < 4.78 is 28.9. The van der Waals surface area contributed by atoms with Gasteiger partial charge in [-0.05, 0) is 37.1 Å². The minimum atomic E-state index is -3.22. The third-order valence-corrected chi connectivity index (χ3v) is 7.69. The van der Waals surface area contributed by atoms with E-state index in [1.165, 1.54) is 11.8 Å². The minimum Gasteiger partial charge on any atom is -0.481 e. The zero-order valence-electron chi connectivity index (χ0n) is 22.1. The SMILES string of the molecule is CC(NCOc1ccc(C(=N)N)cc1)C(=O)N[C@@H](CC(=O)O)C(=O)NC(C(=O)N1CCS(=O)(=O)CC1)C(C)C. The molecule has 3 amide bonds. The van der Waals surface area contributed by atoms with E-state index in [1.54, 1.807) is 38.1 Å². The topological polar surface area (TPSA) is 221 Å². The lowest BCUT2D eigenvalue weighted by molar-refractivity contribution is -0.142. The Bertz CT molecular complexity index is 1160. The summed E-state index contributed by atoms with van der Waals surface area (Å²) in [6.45, 7) is 4.79. The summed E-state index contributed by atoms with van der Waals surface area (Å²) in [6, 6.07) is 3.04. The first-order valence-corrected chi connectivity index (χ1v) is 14.1. The van der Waals surface area contributed by atoms with E-state index < -0.39 is 58.1 Å². The molecule has 0 radical (unpaired) electrons. The zero-order chi connectivity index (χ0) is 29.3. The average Bonchev–Trinajstić information content (AvgIpc) is 2.86. The van der Waals surface area contributed by atoms with Gasteiger partial charge in [0.2, 0.25) is 17.7 Å². The Labute approximate surface area is 227 Å². The number of aliphatic carboxylic acids is 1. The fourth-order valence-electron chi connectivity index (χ4n) is 3.65. The highest BCUT2D eigenvalue weighted by Gasteiger charge is 2.35. The van der Waals surface area contributed by atoms with Crippen LogP contribution in [0.1, 0.15) is 32.8 Å². The lowest BCUT2D eigenvalue weighted by Gasteiger charge is -2.33. The first kappa shape index (κ1) is 31.5. The molecule has 39 heavy (non-hydrogen) atoms. The molecule has 1 saturated heterocycles. The molecule has 2 unspecified atom stereocenters. The molecule has 1 aromatic rings. The van der Waals surface area contributed by atoms with Crippen molar-refractivity contribution in [2.24, 2.45) is 11.7 Å². The molecule has 15 heteroatoms. The lowest BCUT2D eigenvalue weighted by atomic mass is 10.0. The summed E-state index contributed by atoms with van der Waals surface area (Å²) in [7, 11) is -3.22. The molecule has 216 valence electrons. The van der Waals surface area contributed by atoms with E-state index in [0.717, 1.165) is 0 Å². The molecule has 14 nitrogen and oxygen atoms in total. The van der Waals surface area contributed by atoms with Crippen LogP contribution in [0.3, 0.4) is 0 Å². The van der Waals surface area contributed by atoms with Crippen LogP contribution in [0.25, 0.3) is 0 Å². The van der Waals surface area contributed by atoms with Gasteiger partial charge in [0.25, 0.3) is 0 Å². The monoisotopic (exact) mass is 568 g/mol. The van der Waals surface area contributed by atoms with Crippen LogP contribution in [0.2, 0.25) is 0 Å². The number of hydrogen-bond donors (Lipinski definition) is 6. The van der Waals surface area contributed by atoms with Crippen molar-refractivity contribution in [3.05, 3.63) is 29.8 Å². The highest BCUT2D eigenvalue weighted by atomic mass is 32.2. The molecule has 1 aliphatic heterocycles. The summed E-state index contributed by atoms with van der Waals surface area (Å²) in [5, 5.41) is 24.4. The van der Waals surface area contributed by atoms with E-state index in [9.17, 15) is 32.7 Å². The van der Waals surface area contributed by atoms with Gasteiger partial charge in [-0.3, -0.25) is 29.9 Å². The van der Waals surface area contributed by atoms with E-state index in [2.05, 4.69) is 16.0 Å². The number of nitrogens with zero attached hydrogens (tertiary/aromatic N) is 1. The summed E-state index contributed by atoms with van der Waals surface area (Å²) in [5.74, 6) is -3.68. The number of amidine groups is 1. The van der Waals surface area contributed by atoms with E-state index in [0.29, 0.717) is 11.3 Å². The van der Waals surface area contributed by atoms with Crippen LogP contribution in [0.5, 0.6) is 5.75 Å². The Morgan fingerprint density at radius 1 is 1.05 bits per heavy atom. The number of nitrogens with two attached hydrogens (primary N) is 1. The maximum atomic E-state index is 13.0. The van der Waals surface area contributed by atoms with Crippen LogP contribution in [0, 0.1) is 11.3 Å². The first-order chi connectivity index (χ1) is 18.2. The minimum absolute atomic E-state index is 0.00166. The highest BCUT2D eigenvalue weighted by Crippen LogP contribution is 2.13. The molecule has 1 aromatic carbocycles. The Morgan fingerprint density at radius 2 is 1.64 bits per heavy atom. The third-order valence-electron chi connectivity index (χ3n) is 6.09. The second-order valence-electron chi connectivity index (χ2n) is 9.52.